The van der Waals surface area contributed by atoms with Crippen LogP contribution in [0.4, 0.5) is 4.79 Å². The Balaban J connectivity index is 1.59. The summed E-state index contributed by atoms with van der Waals surface area (Å²) in [6.45, 7) is 5.18. The van der Waals surface area contributed by atoms with Crippen LogP contribution >= 0.6 is 11.8 Å². The number of hydrogen-bond acceptors (Lipinski definition) is 4. The molecular weight excluding hydrogens is 290 g/mol. The zero-order valence-electron chi connectivity index (χ0n) is 12.4. The fraction of sp³-hybridized carbons (Fsp3) is 0.857. The predicted octanol–water partition coefficient (Wildman–Crippen LogP) is 0.931. The van der Waals surface area contributed by atoms with Gasteiger partial charge in [0, 0.05) is 57.2 Å². The van der Waals surface area contributed by atoms with Crippen LogP contribution in [0.3, 0.4) is 0 Å². The molecule has 2 saturated heterocycles. The molecule has 0 unspecified atom stereocenters. The molecule has 2 aliphatic heterocycles. The van der Waals surface area contributed by atoms with E-state index in [1.165, 1.54) is 11.5 Å². The molecule has 2 rings (SSSR count). The summed E-state index contributed by atoms with van der Waals surface area (Å²) < 4.78 is 0. The molecule has 6 nitrogen and oxygen atoms in total. The summed E-state index contributed by atoms with van der Waals surface area (Å²) in [7, 11) is 0. The number of piperidine rings is 1. The van der Waals surface area contributed by atoms with Crippen LogP contribution in [0.15, 0.2) is 0 Å². The lowest BCUT2D eigenvalue weighted by Gasteiger charge is -2.32. The molecular formula is C14H25N3O3S. The molecule has 2 aliphatic rings. The molecule has 2 fully saturated rings. The van der Waals surface area contributed by atoms with E-state index in [9.17, 15) is 9.59 Å². The predicted molar refractivity (Wildman–Crippen MR) is 83.7 cm³/mol. The average Bonchev–Trinajstić information content (AvgIpc) is 2.48. The van der Waals surface area contributed by atoms with E-state index < -0.39 is 5.97 Å². The topological polar surface area (TPSA) is 72.9 Å². The number of urea groups is 1. The first kappa shape index (κ1) is 16.4. The van der Waals surface area contributed by atoms with Gasteiger partial charge in [-0.1, -0.05) is 0 Å². The summed E-state index contributed by atoms with van der Waals surface area (Å²) in [6.07, 6.45) is 1.81. The minimum absolute atomic E-state index is 0.00448. The zero-order valence-corrected chi connectivity index (χ0v) is 13.2. The van der Waals surface area contributed by atoms with Crippen LogP contribution in [0.2, 0.25) is 0 Å². The summed E-state index contributed by atoms with van der Waals surface area (Å²) >= 11 is 1.99. The zero-order chi connectivity index (χ0) is 15.1. The summed E-state index contributed by atoms with van der Waals surface area (Å²) in [5.41, 5.74) is 0. The third kappa shape index (κ3) is 5.74. The van der Waals surface area contributed by atoms with E-state index in [1.54, 1.807) is 0 Å². The Kier molecular flexibility index (Phi) is 6.63. The van der Waals surface area contributed by atoms with Gasteiger partial charge in [-0.15, -0.1) is 0 Å². The Morgan fingerprint density at radius 3 is 2.43 bits per heavy atom. The number of aliphatic carboxylic acids is 1. The molecule has 2 N–H and O–H groups in total. The van der Waals surface area contributed by atoms with Crippen molar-refractivity contribution in [3.8, 4) is 0 Å². The third-order valence-electron chi connectivity index (χ3n) is 4.17. The van der Waals surface area contributed by atoms with Crippen LogP contribution in [0.5, 0.6) is 0 Å². The Bertz CT molecular complexity index is 353. The fourth-order valence-electron chi connectivity index (χ4n) is 2.84. The molecule has 7 heteroatoms. The second kappa shape index (κ2) is 8.48. The SMILES string of the molecule is O=C(O)CC1CCN(C(=O)NCCN2CCSCC2)CC1. The number of hydrogen-bond donors (Lipinski definition) is 2. The van der Waals surface area contributed by atoms with Crippen LogP contribution in [-0.4, -0.2) is 77.7 Å². The van der Waals surface area contributed by atoms with Gasteiger partial charge in [-0.2, -0.15) is 11.8 Å². The fourth-order valence-corrected chi connectivity index (χ4v) is 3.82. The number of rotatable bonds is 5. The lowest BCUT2D eigenvalue weighted by atomic mass is 9.94. The number of carbonyl (C=O) groups is 2. The number of nitrogens with zero attached hydrogens (tertiary/aromatic N) is 2. The van der Waals surface area contributed by atoms with Crippen molar-refractivity contribution in [1.82, 2.24) is 15.1 Å². The van der Waals surface area contributed by atoms with Gasteiger partial charge in [0.2, 0.25) is 0 Å². The van der Waals surface area contributed by atoms with Gasteiger partial charge >= 0.3 is 12.0 Å². The number of carboxylic acids is 1. The van der Waals surface area contributed by atoms with Crippen molar-refractivity contribution < 1.29 is 14.7 Å². The molecule has 0 aliphatic carbocycles. The summed E-state index contributed by atoms with van der Waals surface area (Å²) in [5, 5.41) is 11.8. The molecule has 0 aromatic rings. The van der Waals surface area contributed by atoms with Crippen molar-refractivity contribution in [3.05, 3.63) is 0 Å². The molecule has 2 heterocycles. The largest absolute Gasteiger partial charge is 0.481 e. The number of carboxylic acid groups (broad SMARTS) is 1. The number of nitrogens with one attached hydrogen (secondary N) is 1. The van der Waals surface area contributed by atoms with E-state index in [-0.39, 0.29) is 18.4 Å². The van der Waals surface area contributed by atoms with Gasteiger partial charge in [-0.05, 0) is 18.8 Å². The van der Waals surface area contributed by atoms with Gasteiger partial charge in [-0.25, -0.2) is 4.79 Å². The maximum Gasteiger partial charge on any atom is 0.317 e. The van der Waals surface area contributed by atoms with Gasteiger partial charge in [0.25, 0.3) is 0 Å². The maximum atomic E-state index is 12.0. The van der Waals surface area contributed by atoms with E-state index in [0.717, 1.165) is 32.5 Å². The summed E-state index contributed by atoms with van der Waals surface area (Å²) in [5.74, 6) is 1.85. The number of carbonyl (C=O) groups excluding carboxylic acids is 1. The van der Waals surface area contributed by atoms with Crippen molar-refractivity contribution >= 4 is 23.8 Å². The molecule has 0 atom stereocenters. The molecule has 0 bridgehead atoms. The highest BCUT2D eigenvalue weighted by atomic mass is 32.2. The molecule has 120 valence electrons. The molecule has 21 heavy (non-hydrogen) atoms. The smallest absolute Gasteiger partial charge is 0.317 e. The van der Waals surface area contributed by atoms with E-state index in [1.807, 2.05) is 16.7 Å². The van der Waals surface area contributed by atoms with Gasteiger partial charge in [0.05, 0.1) is 0 Å². The Morgan fingerprint density at radius 2 is 1.81 bits per heavy atom. The number of amides is 2. The van der Waals surface area contributed by atoms with Gasteiger partial charge in [0.15, 0.2) is 0 Å². The van der Waals surface area contributed by atoms with E-state index >= 15 is 0 Å². The van der Waals surface area contributed by atoms with Crippen LogP contribution in [0.25, 0.3) is 0 Å². The second-order valence-corrected chi connectivity index (χ2v) is 6.94. The highest BCUT2D eigenvalue weighted by Crippen LogP contribution is 2.20. The number of likely N-dealkylation sites (tertiary alicyclic amines) is 1. The molecule has 0 aromatic carbocycles. The van der Waals surface area contributed by atoms with Crippen LogP contribution in [-0.2, 0) is 4.79 Å². The summed E-state index contributed by atoms with van der Waals surface area (Å²) in [4.78, 5) is 26.9. The van der Waals surface area contributed by atoms with Crippen molar-refractivity contribution in [1.29, 1.82) is 0 Å². The Hall–Kier alpha value is -0.950. The third-order valence-corrected chi connectivity index (χ3v) is 5.12. The van der Waals surface area contributed by atoms with Crippen LogP contribution in [0.1, 0.15) is 19.3 Å². The van der Waals surface area contributed by atoms with Crippen molar-refractivity contribution in [2.24, 2.45) is 5.92 Å². The van der Waals surface area contributed by atoms with Gasteiger partial charge < -0.3 is 15.3 Å². The van der Waals surface area contributed by atoms with Crippen LogP contribution < -0.4 is 5.32 Å². The minimum Gasteiger partial charge on any atom is -0.481 e. The minimum atomic E-state index is -0.738. The Labute approximate surface area is 130 Å². The van der Waals surface area contributed by atoms with Gasteiger partial charge in [0.1, 0.15) is 0 Å². The van der Waals surface area contributed by atoms with Crippen molar-refractivity contribution in [2.75, 3.05) is 50.8 Å². The van der Waals surface area contributed by atoms with E-state index in [4.69, 9.17) is 5.11 Å². The normalized spacial score (nSPS) is 21.2. The van der Waals surface area contributed by atoms with E-state index in [2.05, 4.69) is 10.2 Å². The first-order valence-electron chi connectivity index (χ1n) is 7.70. The number of thioether (sulfide) groups is 1. The summed E-state index contributed by atoms with van der Waals surface area (Å²) in [6, 6.07) is -0.00448. The maximum absolute atomic E-state index is 12.0. The lowest BCUT2D eigenvalue weighted by Crippen LogP contribution is -2.47. The quantitative estimate of drug-likeness (QED) is 0.790. The van der Waals surface area contributed by atoms with E-state index in [0.29, 0.717) is 19.6 Å². The second-order valence-electron chi connectivity index (χ2n) is 5.71. The standard InChI is InChI=1S/C14H25N3O3S/c18-13(19)11-12-1-4-17(5-2-12)14(20)15-3-6-16-7-9-21-10-8-16/h12H,1-11H2,(H,15,20)(H,18,19). The molecule has 0 aromatic heterocycles. The molecule has 2 amide bonds. The van der Waals surface area contributed by atoms with Crippen molar-refractivity contribution in [2.45, 2.75) is 19.3 Å². The monoisotopic (exact) mass is 315 g/mol. The molecule has 0 saturated carbocycles. The van der Waals surface area contributed by atoms with Crippen LogP contribution in [0, 0.1) is 5.92 Å². The first-order valence-corrected chi connectivity index (χ1v) is 8.85. The van der Waals surface area contributed by atoms with Crippen molar-refractivity contribution in [3.63, 3.8) is 0 Å². The highest BCUT2D eigenvalue weighted by Gasteiger charge is 2.24. The Morgan fingerprint density at radius 1 is 1.14 bits per heavy atom. The first-order chi connectivity index (χ1) is 10.1. The van der Waals surface area contributed by atoms with Gasteiger partial charge in [-0.3, -0.25) is 9.69 Å². The highest BCUT2D eigenvalue weighted by molar-refractivity contribution is 7.99. The average molecular weight is 315 g/mol. The molecule has 0 spiro atoms. The molecule has 0 radical (unpaired) electrons. The lowest BCUT2D eigenvalue weighted by molar-refractivity contribution is -0.138.